The summed E-state index contributed by atoms with van der Waals surface area (Å²) in [5.74, 6) is 0.712. The van der Waals surface area contributed by atoms with E-state index in [-0.39, 0.29) is 23.0 Å². The molecule has 0 amide bonds. The van der Waals surface area contributed by atoms with Crippen molar-refractivity contribution in [2.45, 2.75) is 32.0 Å². The Morgan fingerprint density at radius 1 is 1.03 bits per heavy atom. The van der Waals surface area contributed by atoms with Crippen LogP contribution in [0.4, 0.5) is 13.2 Å². The van der Waals surface area contributed by atoms with Gasteiger partial charge in [-0.25, -0.2) is 9.97 Å². The van der Waals surface area contributed by atoms with Crippen molar-refractivity contribution >= 4 is 22.1 Å². The lowest BCUT2D eigenvalue weighted by Crippen LogP contribution is -2.21. The van der Waals surface area contributed by atoms with Gasteiger partial charge in [0.2, 0.25) is 5.89 Å². The first-order chi connectivity index (χ1) is 13.9. The van der Waals surface area contributed by atoms with Gasteiger partial charge >= 0.3 is 6.18 Å². The van der Waals surface area contributed by atoms with Gasteiger partial charge in [-0.2, -0.15) is 13.2 Å². The summed E-state index contributed by atoms with van der Waals surface area (Å²) in [6.45, 7) is 2.81. The van der Waals surface area contributed by atoms with E-state index in [0.717, 1.165) is 6.07 Å². The van der Waals surface area contributed by atoms with E-state index in [1.165, 1.54) is 0 Å². The second-order valence-corrected chi connectivity index (χ2v) is 7.25. The number of aryl methyl sites for hydroxylation is 1. The van der Waals surface area contributed by atoms with Crippen molar-refractivity contribution in [3.63, 3.8) is 0 Å². The number of hydrogen-bond acceptors (Lipinski definition) is 4. The molecule has 8 heteroatoms. The van der Waals surface area contributed by atoms with Crippen molar-refractivity contribution < 1.29 is 22.3 Å². The SMILES string of the molecule is Cc1nc2cc(-c3nc4ccccc4o3)cc(C(F)(F)F)c2n1C1CCOCC1. The van der Waals surface area contributed by atoms with Crippen LogP contribution in [0.5, 0.6) is 0 Å². The molecule has 1 aliphatic rings. The Labute approximate surface area is 164 Å². The number of fused-ring (bicyclic) bond motifs is 2. The third-order valence-electron chi connectivity index (χ3n) is 5.36. The van der Waals surface area contributed by atoms with Crippen molar-refractivity contribution in [3.05, 3.63) is 47.8 Å². The maximum absolute atomic E-state index is 14.1. The van der Waals surface area contributed by atoms with Gasteiger partial charge in [0.05, 0.1) is 16.6 Å². The summed E-state index contributed by atoms with van der Waals surface area (Å²) in [6, 6.07) is 9.76. The summed E-state index contributed by atoms with van der Waals surface area (Å²) in [4.78, 5) is 8.80. The molecule has 5 nitrogen and oxygen atoms in total. The number of hydrogen-bond donors (Lipinski definition) is 0. The maximum atomic E-state index is 14.1. The van der Waals surface area contributed by atoms with Gasteiger partial charge in [-0.3, -0.25) is 0 Å². The quantitative estimate of drug-likeness (QED) is 0.444. The van der Waals surface area contributed by atoms with Crippen LogP contribution in [0.25, 0.3) is 33.6 Å². The molecule has 4 aromatic rings. The summed E-state index contributed by atoms with van der Waals surface area (Å²) in [5, 5.41) is 0. The molecule has 0 bridgehead atoms. The number of alkyl halides is 3. The molecule has 0 saturated carbocycles. The lowest BCUT2D eigenvalue weighted by molar-refractivity contribution is -0.136. The van der Waals surface area contributed by atoms with E-state index in [1.54, 1.807) is 41.8 Å². The average molecular weight is 401 g/mol. The molecule has 29 heavy (non-hydrogen) atoms. The first-order valence-electron chi connectivity index (χ1n) is 9.45. The van der Waals surface area contributed by atoms with Gasteiger partial charge in [0.15, 0.2) is 5.58 Å². The molecule has 5 rings (SSSR count). The Bertz CT molecular complexity index is 1170. The summed E-state index contributed by atoms with van der Waals surface area (Å²) in [5.41, 5.74) is 1.07. The van der Waals surface area contributed by atoms with Gasteiger partial charge in [-0.05, 0) is 44.0 Å². The van der Waals surface area contributed by atoms with Crippen LogP contribution < -0.4 is 0 Å². The minimum atomic E-state index is -4.53. The van der Waals surface area contributed by atoms with Crippen LogP contribution in [0.1, 0.15) is 30.3 Å². The van der Waals surface area contributed by atoms with Crippen LogP contribution in [0.15, 0.2) is 40.8 Å². The van der Waals surface area contributed by atoms with Crippen LogP contribution in [0.2, 0.25) is 0 Å². The lowest BCUT2D eigenvalue weighted by atomic mass is 10.0. The number of oxazole rings is 1. The third kappa shape index (κ3) is 3.07. The number of nitrogens with zero attached hydrogens (tertiary/aromatic N) is 3. The van der Waals surface area contributed by atoms with Gasteiger partial charge in [0, 0.05) is 24.8 Å². The molecule has 0 radical (unpaired) electrons. The van der Waals surface area contributed by atoms with E-state index >= 15 is 0 Å². The van der Waals surface area contributed by atoms with Gasteiger partial charge in [0.1, 0.15) is 11.3 Å². The summed E-state index contributed by atoms with van der Waals surface area (Å²) < 4.78 is 55.0. The van der Waals surface area contributed by atoms with Crippen LogP contribution in [0, 0.1) is 6.92 Å². The molecular formula is C21H18F3N3O2. The fourth-order valence-corrected chi connectivity index (χ4v) is 4.07. The van der Waals surface area contributed by atoms with Gasteiger partial charge in [-0.15, -0.1) is 0 Å². The zero-order valence-electron chi connectivity index (χ0n) is 15.7. The Kier molecular flexibility index (Phi) is 4.13. The molecule has 3 heterocycles. The van der Waals surface area contributed by atoms with Crippen molar-refractivity contribution in [2.75, 3.05) is 13.2 Å². The van der Waals surface area contributed by atoms with E-state index in [0.29, 0.717) is 48.5 Å². The Morgan fingerprint density at radius 2 is 1.79 bits per heavy atom. The number of halogens is 3. The molecule has 2 aromatic carbocycles. The number of rotatable bonds is 2. The molecule has 0 atom stereocenters. The number of para-hydroxylation sites is 2. The largest absolute Gasteiger partial charge is 0.436 e. The highest BCUT2D eigenvalue weighted by atomic mass is 19.4. The highest BCUT2D eigenvalue weighted by molar-refractivity contribution is 5.86. The van der Waals surface area contributed by atoms with Gasteiger partial charge in [-0.1, -0.05) is 12.1 Å². The van der Waals surface area contributed by atoms with E-state index in [1.807, 2.05) is 0 Å². The first kappa shape index (κ1) is 18.2. The number of ether oxygens (including phenoxy) is 1. The second kappa shape index (κ2) is 6.59. The van der Waals surface area contributed by atoms with Gasteiger partial charge < -0.3 is 13.7 Å². The third-order valence-corrected chi connectivity index (χ3v) is 5.36. The summed E-state index contributed by atoms with van der Waals surface area (Å²) in [6.07, 6.45) is -3.21. The van der Waals surface area contributed by atoms with E-state index in [9.17, 15) is 13.2 Å². The monoisotopic (exact) mass is 401 g/mol. The molecule has 0 unspecified atom stereocenters. The molecule has 1 aliphatic heterocycles. The Hall–Kier alpha value is -2.87. The topological polar surface area (TPSA) is 53.1 Å². The fraction of sp³-hybridized carbons (Fsp3) is 0.333. The molecule has 1 fully saturated rings. The molecular weight excluding hydrogens is 383 g/mol. The van der Waals surface area contributed by atoms with E-state index in [4.69, 9.17) is 9.15 Å². The molecule has 2 aromatic heterocycles. The molecule has 0 aliphatic carbocycles. The zero-order valence-corrected chi connectivity index (χ0v) is 15.7. The first-order valence-corrected chi connectivity index (χ1v) is 9.45. The standard InChI is InChI=1S/C21H18F3N3O2/c1-12-25-17-11-13(20-26-16-4-2-3-5-18(16)29-20)10-15(21(22,23)24)19(17)27(12)14-6-8-28-9-7-14/h2-5,10-11,14H,6-9H2,1H3. The van der Waals surface area contributed by atoms with Crippen molar-refractivity contribution in [2.24, 2.45) is 0 Å². The lowest BCUT2D eigenvalue weighted by Gasteiger charge is -2.26. The molecule has 1 saturated heterocycles. The van der Waals surface area contributed by atoms with Crippen LogP contribution in [0.3, 0.4) is 0 Å². The van der Waals surface area contributed by atoms with Crippen molar-refractivity contribution in [1.29, 1.82) is 0 Å². The van der Waals surface area contributed by atoms with Crippen LogP contribution in [-0.4, -0.2) is 27.7 Å². The number of aromatic nitrogens is 3. The highest BCUT2D eigenvalue weighted by Crippen LogP contribution is 2.40. The molecule has 0 N–H and O–H groups in total. The predicted molar refractivity (Wildman–Crippen MR) is 102 cm³/mol. The fourth-order valence-electron chi connectivity index (χ4n) is 4.07. The number of benzene rings is 2. The average Bonchev–Trinajstić information content (AvgIpc) is 3.27. The van der Waals surface area contributed by atoms with Crippen LogP contribution in [-0.2, 0) is 10.9 Å². The Balaban J connectivity index is 1.74. The molecule has 150 valence electrons. The Morgan fingerprint density at radius 3 is 2.52 bits per heavy atom. The normalized spacial score (nSPS) is 16.1. The minimum absolute atomic E-state index is 0.0648. The van der Waals surface area contributed by atoms with E-state index in [2.05, 4.69) is 9.97 Å². The summed E-state index contributed by atoms with van der Waals surface area (Å²) >= 11 is 0. The smallest absolute Gasteiger partial charge is 0.418 e. The highest BCUT2D eigenvalue weighted by Gasteiger charge is 2.37. The number of imidazole rings is 1. The summed E-state index contributed by atoms with van der Waals surface area (Å²) in [7, 11) is 0. The molecule has 0 spiro atoms. The van der Waals surface area contributed by atoms with E-state index < -0.39 is 11.7 Å². The van der Waals surface area contributed by atoms with Gasteiger partial charge in [0.25, 0.3) is 0 Å². The zero-order chi connectivity index (χ0) is 20.2. The maximum Gasteiger partial charge on any atom is 0.418 e. The predicted octanol–water partition coefficient (Wildman–Crippen LogP) is 5.52. The van der Waals surface area contributed by atoms with Crippen molar-refractivity contribution in [1.82, 2.24) is 14.5 Å². The minimum Gasteiger partial charge on any atom is -0.436 e. The van der Waals surface area contributed by atoms with Crippen molar-refractivity contribution in [3.8, 4) is 11.5 Å². The second-order valence-electron chi connectivity index (χ2n) is 7.25. The van der Waals surface area contributed by atoms with Crippen LogP contribution >= 0.6 is 0 Å².